The number of anilines is 1. The number of carbonyl (C=O) groups excluding carboxylic acids is 1. The monoisotopic (exact) mass is 283 g/mol. The molecule has 0 spiro atoms. The molecule has 0 aliphatic rings. The van der Waals surface area contributed by atoms with Gasteiger partial charge in [-0.15, -0.1) is 0 Å². The molecule has 0 saturated heterocycles. The average molecular weight is 284 g/mol. The Morgan fingerprint density at radius 3 is 2.75 bits per heavy atom. The van der Waals surface area contributed by atoms with E-state index in [9.17, 15) is 4.79 Å². The molecule has 0 radical (unpaired) electrons. The van der Waals surface area contributed by atoms with Gasteiger partial charge in [-0.05, 0) is 36.6 Å². The van der Waals surface area contributed by atoms with Crippen molar-refractivity contribution in [3.8, 4) is 0 Å². The van der Waals surface area contributed by atoms with Crippen molar-refractivity contribution in [2.24, 2.45) is 5.92 Å². The molecule has 1 unspecified atom stereocenters. The van der Waals surface area contributed by atoms with E-state index >= 15 is 0 Å². The highest BCUT2D eigenvalue weighted by Gasteiger charge is 2.08. The van der Waals surface area contributed by atoms with Crippen LogP contribution in [0.5, 0.6) is 0 Å². The summed E-state index contributed by atoms with van der Waals surface area (Å²) in [5, 5.41) is 2.94. The number of benzene rings is 1. The van der Waals surface area contributed by atoms with Crippen molar-refractivity contribution in [3.05, 3.63) is 28.2 Å². The van der Waals surface area contributed by atoms with Gasteiger partial charge in [0.05, 0.1) is 0 Å². The number of nitrogens with one attached hydrogen (secondary N) is 1. The van der Waals surface area contributed by atoms with Gasteiger partial charge in [-0.3, -0.25) is 4.79 Å². The first-order chi connectivity index (χ1) is 7.52. The van der Waals surface area contributed by atoms with Gasteiger partial charge < -0.3 is 5.32 Å². The van der Waals surface area contributed by atoms with Gasteiger partial charge in [0.2, 0.25) is 5.91 Å². The van der Waals surface area contributed by atoms with Crippen molar-refractivity contribution in [1.29, 1.82) is 0 Å². The number of halogens is 1. The normalized spacial score (nSPS) is 12.2. The first kappa shape index (κ1) is 13.2. The van der Waals surface area contributed by atoms with E-state index in [1.807, 2.05) is 25.1 Å². The summed E-state index contributed by atoms with van der Waals surface area (Å²) in [7, 11) is 0. The number of hydrogen-bond acceptors (Lipinski definition) is 1. The molecule has 1 N–H and O–H groups in total. The van der Waals surface area contributed by atoms with E-state index in [0.29, 0.717) is 12.3 Å². The van der Waals surface area contributed by atoms with Gasteiger partial charge >= 0.3 is 0 Å². The summed E-state index contributed by atoms with van der Waals surface area (Å²) in [6.45, 7) is 6.18. The van der Waals surface area contributed by atoms with E-state index in [-0.39, 0.29) is 5.91 Å². The minimum Gasteiger partial charge on any atom is -0.326 e. The molecule has 0 aromatic heterocycles. The number of amides is 1. The molecular formula is C13H18BrNO. The van der Waals surface area contributed by atoms with E-state index in [0.717, 1.165) is 22.1 Å². The first-order valence-corrected chi connectivity index (χ1v) is 6.38. The third-order valence-corrected chi connectivity index (χ3v) is 3.19. The highest BCUT2D eigenvalue weighted by Crippen LogP contribution is 2.20. The standard InChI is InChI=1S/C13H18BrNO/c1-4-9(2)7-13(16)15-12-6-5-11(14)8-10(12)3/h5-6,8-9H,4,7H2,1-3H3,(H,15,16). The first-order valence-electron chi connectivity index (χ1n) is 5.59. The van der Waals surface area contributed by atoms with Crippen LogP contribution in [0.1, 0.15) is 32.3 Å². The molecule has 0 saturated carbocycles. The second-order valence-corrected chi connectivity index (χ2v) is 5.14. The zero-order chi connectivity index (χ0) is 12.1. The second-order valence-electron chi connectivity index (χ2n) is 4.22. The fraction of sp³-hybridized carbons (Fsp3) is 0.462. The van der Waals surface area contributed by atoms with E-state index in [1.165, 1.54) is 0 Å². The minimum absolute atomic E-state index is 0.0970. The topological polar surface area (TPSA) is 29.1 Å². The van der Waals surface area contributed by atoms with Gasteiger partial charge in [-0.25, -0.2) is 0 Å². The zero-order valence-corrected chi connectivity index (χ0v) is 11.6. The second kappa shape index (κ2) is 6.04. The Kier molecular flexibility index (Phi) is 5.00. The Labute approximate surface area is 106 Å². The summed E-state index contributed by atoms with van der Waals surface area (Å²) in [6, 6.07) is 5.86. The van der Waals surface area contributed by atoms with Crippen LogP contribution < -0.4 is 5.32 Å². The Morgan fingerprint density at radius 1 is 1.50 bits per heavy atom. The minimum atomic E-state index is 0.0970. The fourth-order valence-electron chi connectivity index (χ4n) is 1.43. The molecule has 0 aliphatic heterocycles. The molecule has 3 heteroatoms. The van der Waals surface area contributed by atoms with Crippen LogP contribution in [0.4, 0.5) is 5.69 Å². The highest BCUT2D eigenvalue weighted by atomic mass is 79.9. The van der Waals surface area contributed by atoms with Crippen LogP contribution in [0.15, 0.2) is 22.7 Å². The van der Waals surface area contributed by atoms with E-state index < -0.39 is 0 Å². The zero-order valence-electron chi connectivity index (χ0n) is 10.0. The molecule has 0 heterocycles. The maximum atomic E-state index is 11.7. The quantitative estimate of drug-likeness (QED) is 0.884. The summed E-state index contributed by atoms with van der Waals surface area (Å²) in [4.78, 5) is 11.7. The predicted molar refractivity (Wildman–Crippen MR) is 71.6 cm³/mol. The van der Waals surface area contributed by atoms with Crippen molar-refractivity contribution in [1.82, 2.24) is 0 Å². The molecule has 1 rings (SSSR count). The molecular weight excluding hydrogens is 266 g/mol. The predicted octanol–water partition coefficient (Wildman–Crippen LogP) is 4.13. The van der Waals surface area contributed by atoms with Gasteiger partial charge in [0.25, 0.3) is 0 Å². The lowest BCUT2D eigenvalue weighted by atomic mass is 10.0. The van der Waals surface area contributed by atoms with Gasteiger partial charge in [0.15, 0.2) is 0 Å². The lowest BCUT2D eigenvalue weighted by molar-refractivity contribution is -0.117. The highest BCUT2D eigenvalue weighted by molar-refractivity contribution is 9.10. The number of aryl methyl sites for hydroxylation is 1. The fourth-order valence-corrected chi connectivity index (χ4v) is 1.90. The van der Waals surface area contributed by atoms with Gasteiger partial charge in [-0.1, -0.05) is 36.2 Å². The van der Waals surface area contributed by atoms with Crippen LogP contribution in [0, 0.1) is 12.8 Å². The van der Waals surface area contributed by atoms with Crippen LogP contribution >= 0.6 is 15.9 Å². The summed E-state index contributed by atoms with van der Waals surface area (Å²) >= 11 is 3.40. The summed E-state index contributed by atoms with van der Waals surface area (Å²) in [5.74, 6) is 0.538. The molecule has 0 bridgehead atoms. The molecule has 0 aliphatic carbocycles. The lowest BCUT2D eigenvalue weighted by Gasteiger charge is -2.11. The SMILES string of the molecule is CCC(C)CC(=O)Nc1ccc(Br)cc1C. The van der Waals surface area contributed by atoms with E-state index in [1.54, 1.807) is 0 Å². The van der Waals surface area contributed by atoms with Crippen molar-refractivity contribution < 1.29 is 4.79 Å². The Bertz CT molecular complexity index is 376. The number of carbonyl (C=O) groups is 1. The number of rotatable bonds is 4. The van der Waals surface area contributed by atoms with E-state index in [4.69, 9.17) is 0 Å². The van der Waals surface area contributed by atoms with Crippen molar-refractivity contribution in [2.45, 2.75) is 33.6 Å². The third kappa shape index (κ3) is 3.97. The summed E-state index contributed by atoms with van der Waals surface area (Å²) in [5.41, 5.74) is 1.98. The van der Waals surface area contributed by atoms with E-state index in [2.05, 4.69) is 35.1 Å². The Hall–Kier alpha value is -0.830. The van der Waals surface area contributed by atoms with Crippen LogP contribution in [0.25, 0.3) is 0 Å². The lowest BCUT2D eigenvalue weighted by Crippen LogP contribution is -2.15. The van der Waals surface area contributed by atoms with Crippen LogP contribution in [-0.4, -0.2) is 5.91 Å². The van der Waals surface area contributed by atoms with Crippen LogP contribution in [-0.2, 0) is 4.79 Å². The van der Waals surface area contributed by atoms with Gasteiger partial charge in [0, 0.05) is 16.6 Å². The van der Waals surface area contributed by atoms with Crippen molar-refractivity contribution in [3.63, 3.8) is 0 Å². The molecule has 1 amide bonds. The van der Waals surface area contributed by atoms with Gasteiger partial charge in [0.1, 0.15) is 0 Å². The molecule has 1 aromatic carbocycles. The molecule has 16 heavy (non-hydrogen) atoms. The largest absolute Gasteiger partial charge is 0.326 e. The molecule has 2 nitrogen and oxygen atoms in total. The molecule has 1 aromatic rings. The smallest absolute Gasteiger partial charge is 0.224 e. The number of hydrogen-bond donors (Lipinski definition) is 1. The summed E-state index contributed by atoms with van der Waals surface area (Å²) < 4.78 is 1.03. The molecule has 88 valence electrons. The van der Waals surface area contributed by atoms with Crippen molar-refractivity contribution >= 4 is 27.5 Å². The van der Waals surface area contributed by atoms with Crippen molar-refractivity contribution in [2.75, 3.05) is 5.32 Å². The maximum Gasteiger partial charge on any atom is 0.224 e. The van der Waals surface area contributed by atoms with Gasteiger partial charge in [-0.2, -0.15) is 0 Å². The Balaban J connectivity index is 2.63. The maximum absolute atomic E-state index is 11.7. The molecule has 0 fully saturated rings. The van der Waals surface area contributed by atoms with Crippen LogP contribution in [0.2, 0.25) is 0 Å². The molecule has 1 atom stereocenters. The third-order valence-electron chi connectivity index (χ3n) is 2.69. The van der Waals surface area contributed by atoms with Crippen LogP contribution in [0.3, 0.4) is 0 Å². The Morgan fingerprint density at radius 2 is 2.19 bits per heavy atom. The summed E-state index contributed by atoms with van der Waals surface area (Å²) in [6.07, 6.45) is 1.62. The average Bonchev–Trinajstić information content (AvgIpc) is 2.22.